The monoisotopic (exact) mass is 240 g/mol. The van der Waals surface area contributed by atoms with Crippen molar-refractivity contribution in [3.05, 3.63) is 23.5 Å². The molecule has 0 aliphatic heterocycles. The molecule has 1 amide bonds. The van der Waals surface area contributed by atoms with Gasteiger partial charge in [0.05, 0.1) is 11.7 Å². The zero-order valence-electron chi connectivity index (χ0n) is 10.2. The van der Waals surface area contributed by atoms with E-state index in [1.54, 1.807) is 0 Å². The van der Waals surface area contributed by atoms with Crippen LogP contribution < -0.4 is 16.2 Å². The van der Waals surface area contributed by atoms with E-state index in [0.717, 1.165) is 6.07 Å². The van der Waals surface area contributed by atoms with Crippen LogP contribution in [0.3, 0.4) is 0 Å². The first-order chi connectivity index (χ1) is 7.82. The molecule has 4 N–H and O–H groups in total. The van der Waals surface area contributed by atoms with Crippen LogP contribution in [0.2, 0.25) is 0 Å². The zero-order chi connectivity index (χ0) is 13.2. The fourth-order valence-electron chi connectivity index (χ4n) is 1.21. The van der Waals surface area contributed by atoms with Crippen molar-refractivity contribution in [2.24, 2.45) is 11.7 Å². The van der Waals surface area contributed by atoms with E-state index in [1.165, 1.54) is 6.07 Å². The number of rotatable bonds is 4. The van der Waals surface area contributed by atoms with E-state index in [4.69, 9.17) is 16.2 Å². The molecule has 0 heterocycles. The highest BCUT2D eigenvalue weighted by Gasteiger charge is 2.16. The van der Waals surface area contributed by atoms with Gasteiger partial charge in [-0.05, 0) is 18.9 Å². The fourth-order valence-corrected chi connectivity index (χ4v) is 1.21. The van der Waals surface area contributed by atoms with Crippen LogP contribution in [0, 0.1) is 11.7 Å². The van der Waals surface area contributed by atoms with E-state index in [9.17, 15) is 9.18 Å². The zero-order valence-corrected chi connectivity index (χ0v) is 10.2. The highest BCUT2D eigenvalue weighted by atomic mass is 19.1. The molecule has 1 aromatic rings. The highest BCUT2D eigenvalue weighted by Crippen LogP contribution is 2.25. The molecule has 5 heteroatoms. The van der Waals surface area contributed by atoms with Crippen LogP contribution in [-0.2, 0) is 0 Å². The van der Waals surface area contributed by atoms with Gasteiger partial charge in [0.15, 0.2) is 11.6 Å². The summed E-state index contributed by atoms with van der Waals surface area (Å²) in [6.45, 7) is 5.73. The van der Waals surface area contributed by atoms with E-state index in [1.807, 2.05) is 20.8 Å². The lowest BCUT2D eigenvalue weighted by molar-refractivity contribution is 0.0999. The van der Waals surface area contributed by atoms with Gasteiger partial charge in [0.1, 0.15) is 0 Å². The van der Waals surface area contributed by atoms with Crippen molar-refractivity contribution in [1.82, 2.24) is 0 Å². The lowest BCUT2D eigenvalue weighted by Gasteiger charge is -2.19. The van der Waals surface area contributed by atoms with Crippen LogP contribution in [0.4, 0.5) is 10.1 Å². The number of benzene rings is 1. The molecule has 0 fully saturated rings. The van der Waals surface area contributed by atoms with Gasteiger partial charge in [-0.15, -0.1) is 0 Å². The molecule has 1 rings (SSSR count). The maximum absolute atomic E-state index is 13.6. The number of primary amides is 1. The largest absolute Gasteiger partial charge is 0.487 e. The second-order valence-corrected chi connectivity index (χ2v) is 4.30. The highest BCUT2D eigenvalue weighted by molar-refractivity contribution is 5.98. The molecular weight excluding hydrogens is 223 g/mol. The van der Waals surface area contributed by atoms with Gasteiger partial charge in [-0.25, -0.2) is 4.39 Å². The van der Waals surface area contributed by atoms with E-state index < -0.39 is 11.7 Å². The molecule has 0 saturated carbocycles. The van der Waals surface area contributed by atoms with Crippen molar-refractivity contribution in [2.75, 3.05) is 5.73 Å². The maximum atomic E-state index is 13.6. The summed E-state index contributed by atoms with van der Waals surface area (Å²) < 4.78 is 19.0. The average Bonchev–Trinajstić information content (AvgIpc) is 2.21. The van der Waals surface area contributed by atoms with Gasteiger partial charge >= 0.3 is 0 Å². The Labute approximate surface area is 99.7 Å². The third kappa shape index (κ3) is 3.09. The normalized spacial score (nSPS) is 12.5. The Morgan fingerprint density at radius 3 is 2.41 bits per heavy atom. The van der Waals surface area contributed by atoms with Crippen LogP contribution in [0.15, 0.2) is 12.1 Å². The number of amides is 1. The smallest absolute Gasteiger partial charge is 0.250 e. The molecule has 0 aromatic heterocycles. The Hall–Kier alpha value is -1.78. The van der Waals surface area contributed by atoms with Gasteiger partial charge < -0.3 is 16.2 Å². The summed E-state index contributed by atoms with van der Waals surface area (Å²) in [5, 5.41) is 0. The second-order valence-electron chi connectivity index (χ2n) is 4.30. The Kier molecular flexibility index (Phi) is 3.93. The lowest BCUT2D eigenvalue weighted by atomic mass is 10.1. The second kappa shape index (κ2) is 5.03. The number of hydrogen-bond acceptors (Lipinski definition) is 3. The molecule has 0 aliphatic rings. The minimum atomic E-state index is -0.704. The molecule has 0 aliphatic carbocycles. The van der Waals surface area contributed by atoms with E-state index in [0.29, 0.717) is 0 Å². The fraction of sp³-hybridized carbons (Fsp3) is 0.417. The number of ether oxygens (including phenoxy) is 1. The molecule has 17 heavy (non-hydrogen) atoms. The number of carbonyl (C=O) groups is 1. The number of hydrogen-bond donors (Lipinski definition) is 2. The summed E-state index contributed by atoms with van der Waals surface area (Å²) in [5.74, 6) is -1.08. The van der Waals surface area contributed by atoms with Crippen LogP contribution in [-0.4, -0.2) is 12.0 Å². The summed E-state index contributed by atoms with van der Waals surface area (Å²) in [6.07, 6.45) is -0.172. The topological polar surface area (TPSA) is 78.3 Å². The van der Waals surface area contributed by atoms with E-state index in [-0.39, 0.29) is 29.0 Å². The van der Waals surface area contributed by atoms with Crippen molar-refractivity contribution >= 4 is 11.6 Å². The van der Waals surface area contributed by atoms with Gasteiger partial charge in [-0.2, -0.15) is 0 Å². The molecule has 1 aromatic carbocycles. The molecule has 4 nitrogen and oxygen atoms in total. The number of nitrogens with two attached hydrogens (primary N) is 2. The van der Waals surface area contributed by atoms with Crippen LogP contribution in [0.5, 0.6) is 5.75 Å². The Bertz CT molecular complexity index is 433. The molecule has 1 atom stereocenters. The quantitative estimate of drug-likeness (QED) is 0.789. The summed E-state index contributed by atoms with van der Waals surface area (Å²) in [5.41, 5.74) is 10.7. The van der Waals surface area contributed by atoms with Crippen LogP contribution in [0.25, 0.3) is 0 Å². The average molecular weight is 240 g/mol. The van der Waals surface area contributed by atoms with Crippen molar-refractivity contribution in [3.8, 4) is 5.75 Å². The number of nitrogen functional groups attached to an aromatic ring is 1. The summed E-state index contributed by atoms with van der Waals surface area (Å²) >= 11 is 0. The van der Waals surface area contributed by atoms with Crippen LogP contribution >= 0.6 is 0 Å². The SMILES string of the molecule is CC(C)C(C)Oc1cc(C(N)=O)c(N)cc1F. The predicted molar refractivity (Wildman–Crippen MR) is 64.3 cm³/mol. The van der Waals surface area contributed by atoms with Gasteiger partial charge in [0, 0.05) is 11.8 Å². The Morgan fingerprint density at radius 1 is 1.35 bits per heavy atom. The Balaban J connectivity index is 3.08. The summed E-state index contributed by atoms with van der Waals surface area (Å²) in [6, 6.07) is 2.29. The van der Waals surface area contributed by atoms with Crippen molar-refractivity contribution < 1.29 is 13.9 Å². The molecule has 0 saturated heterocycles. The first-order valence-electron chi connectivity index (χ1n) is 5.38. The van der Waals surface area contributed by atoms with Crippen LogP contribution in [0.1, 0.15) is 31.1 Å². The van der Waals surface area contributed by atoms with Gasteiger partial charge in [-0.1, -0.05) is 13.8 Å². The van der Waals surface area contributed by atoms with Crippen molar-refractivity contribution in [1.29, 1.82) is 0 Å². The lowest BCUT2D eigenvalue weighted by Crippen LogP contribution is -2.20. The number of anilines is 1. The predicted octanol–water partition coefficient (Wildman–Crippen LogP) is 1.93. The minimum absolute atomic E-state index is 0.00537. The first kappa shape index (κ1) is 13.3. The summed E-state index contributed by atoms with van der Waals surface area (Å²) in [4.78, 5) is 11.1. The van der Waals surface area contributed by atoms with E-state index in [2.05, 4.69) is 0 Å². The third-order valence-corrected chi connectivity index (χ3v) is 2.62. The third-order valence-electron chi connectivity index (χ3n) is 2.62. The molecule has 1 unspecified atom stereocenters. The first-order valence-corrected chi connectivity index (χ1v) is 5.38. The molecule has 0 bridgehead atoms. The molecule has 0 spiro atoms. The molecule has 0 radical (unpaired) electrons. The molecular formula is C12H17FN2O2. The maximum Gasteiger partial charge on any atom is 0.250 e. The standard InChI is InChI=1S/C12H17FN2O2/c1-6(2)7(3)17-11-4-8(12(15)16)10(14)5-9(11)13/h4-7H,14H2,1-3H3,(H2,15,16). The Morgan fingerprint density at radius 2 is 1.94 bits per heavy atom. The van der Waals surface area contributed by atoms with Gasteiger partial charge in [-0.3, -0.25) is 4.79 Å². The van der Waals surface area contributed by atoms with Crippen molar-refractivity contribution in [3.63, 3.8) is 0 Å². The number of halogens is 1. The van der Waals surface area contributed by atoms with Gasteiger partial charge in [0.2, 0.25) is 0 Å². The molecule has 94 valence electrons. The minimum Gasteiger partial charge on any atom is -0.487 e. The van der Waals surface area contributed by atoms with E-state index >= 15 is 0 Å². The summed E-state index contributed by atoms with van der Waals surface area (Å²) in [7, 11) is 0. The van der Waals surface area contributed by atoms with Crippen molar-refractivity contribution in [2.45, 2.75) is 26.9 Å². The van der Waals surface area contributed by atoms with Gasteiger partial charge in [0.25, 0.3) is 5.91 Å². The number of carbonyl (C=O) groups excluding carboxylic acids is 1.